The summed E-state index contributed by atoms with van der Waals surface area (Å²) in [5.41, 5.74) is 0.109. The standard InChI is InChI=1S/C11H7NO4/c13-6-8-3-1-2-7-4-9(12(15)16)5-10(14)11(7)8/h1-6,14H. The van der Waals surface area contributed by atoms with Crippen molar-refractivity contribution in [3.8, 4) is 5.75 Å². The number of nitrogens with zero attached hydrogens (tertiary/aromatic N) is 1. The van der Waals surface area contributed by atoms with Crippen LogP contribution in [0.15, 0.2) is 30.3 Å². The van der Waals surface area contributed by atoms with Crippen LogP contribution in [-0.2, 0) is 0 Å². The van der Waals surface area contributed by atoms with Crippen LogP contribution in [0.1, 0.15) is 10.4 Å². The Bertz CT molecular complexity index is 592. The van der Waals surface area contributed by atoms with E-state index in [1.54, 1.807) is 18.2 Å². The third-order valence-electron chi connectivity index (χ3n) is 2.31. The molecule has 0 saturated heterocycles. The van der Waals surface area contributed by atoms with Gasteiger partial charge in [0.1, 0.15) is 5.75 Å². The number of fused-ring (bicyclic) bond motifs is 1. The molecule has 5 heteroatoms. The van der Waals surface area contributed by atoms with E-state index in [2.05, 4.69) is 0 Å². The highest BCUT2D eigenvalue weighted by molar-refractivity contribution is 6.02. The van der Waals surface area contributed by atoms with Crippen molar-refractivity contribution in [1.29, 1.82) is 0 Å². The van der Waals surface area contributed by atoms with Crippen LogP contribution in [0.4, 0.5) is 5.69 Å². The molecule has 0 saturated carbocycles. The van der Waals surface area contributed by atoms with Crippen LogP contribution in [0.5, 0.6) is 5.75 Å². The fourth-order valence-electron chi connectivity index (χ4n) is 1.62. The molecule has 1 N–H and O–H groups in total. The molecule has 0 aliphatic rings. The molecule has 0 bridgehead atoms. The molecule has 0 atom stereocenters. The van der Waals surface area contributed by atoms with Crippen molar-refractivity contribution < 1.29 is 14.8 Å². The fraction of sp³-hybridized carbons (Fsp3) is 0. The normalized spacial score (nSPS) is 10.2. The molecule has 0 aliphatic heterocycles. The number of nitro benzene ring substituents is 1. The van der Waals surface area contributed by atoms with Gasteiger partial charge in [-0.25, -0.2) is 0 Å². The third kappa shape index (κ3) is 1.48. The molecule has 0 fully saturated rings. The van der Waals surface area contributed by atoms with E-state index in [4.69, 9.17) is 0 Å². The number of aldehydes is 1. The van der Waals surface area contributed by atoms with Crippen molar-refractivity contribution in [2.24, 2.45) is 0 Å². The van der Waals surface area contributed by atoms with Crippen LogP contribution < -0.4 is 0 Å². The average molecular weight is 217 g/mol. The molecule has 0 amide bonds. The molecule has 16 heavy (non-hydrogen) atoms. The summed E-state index contributed by atoms with van der Waals surface area (Å²) in [4.78, 5) is 20.7. The van der Waals surface area contributed by atoms with Crippen molar-refractivity contribution in [3.63, 3.8) is 0 Å². The molecular weight excluding hydrogens is 210 g/mol. The fourth-order valence-corrected chi connectivity index (χ4v) is 1.62. The summed E-state index contributed by atoms with van der Waals surface area (Å²) in [6.07, 6.45) is 0.605. The van der Waals surface area contributed by atoms with Gasteiger partial charge in [-0.1, -0.05) is 18.2 Å². The van der Waals surface area contributed by atoms with E-state index in [9.17, 15) is 20.0 Å². The average Bonchev–Trinajstić information content (AvgIpc) is 2.27. The lowest BCUT2D eigenvalue weighted by atomic mass is 10.0. The number of phenolic OH excluding ortho intramolecular Hbond substituents is 1. The van der Waals surface area contributed by atoms with Crippen molar-refractivity contribution in [3.05, 3.63) is 46.0 Å². The summed E-state index contributed by atoms with van der Waals surface area (Å²) in [6, 6.07) is 7.11. The van der Waals surface area contributed by atoms with Gasteiger partial charge >= 0.3 is 0 Å². The molecule has 5 nitrogen and oxygen atoms in total. The van der Waals surface area contributed by atoms with Crippen molar-refractivity contribution >= 4 is 22.7 Å². The van der Waals surface area contributed by atoms with E-state index in [-0.39, 0.29) is 11.4 Å². The van der Waals surface area contributed by atoms with Crippen molar-refractivity contribution in [2.45, 2.75) is 0 Å². The molecule has 0 aromatic heterocycles. The van der Waals surface area contributed by atoms with E-state index in [0.29, 0.717) is 22.6 Å². The molecule has 0 radical (unpaired) electrons. The Kier molecular flexibility index (Phi) is 2.28. The Balaban J connectivity index is 2.85. The Morgan fingerprint density at radius 1 is 1.31 bits per heavy atom. The highest BCUT2D eigenvalue weighted by atomic mass is 16.6. The first-order valence-corrected chi connectivity index (χ1v) is 4.49. The number of rotatable bonds is 2. The number of aromatic hydroxyl groups is 1. The van der Waals surface area contributed by atoms with Gasteiger partial charge in [-0.3, -0.25) is 14.9 Å². The number of benzene rings is 2. The van der Waals surface area contributed by atoms with Gasteiger partial charge in [0.05, 0.1) is 11.0 Å². The molecule has 2 aromatic carbocycles. The zero-order valence-corrected chi connectivity index (χ0v) is 8.08. The SMILES string of the molecule is O=Cc1cccc2cc([N+](=O)[O-])cc(O)c12. The zero-order valence-electron chi connectivity index (χ0n) is 8.08. The largest absolute Gasteiger partial charge is 0.507 e. The molecule has 0 aliphatic carbocycles. The lowest BCUT2D eigenvalue weighted by Gasteiger charge is -2.03. The van der Waals surface area contributed by atoms with Gasteiger partial charge in [-0.2, -0.15) is 0 Å². The third-order valence-corrected chi connectivity index (χ3v) is 2.31. The lowest BCUT2D eigenvalue weighted by molar-refractivity contribution is -0.384. The van der Waals surface area contributed by atoms with Crippen LogP contribution in [0.2, 0.25) is 0 Å². The number of carbonyl (C=O) groups excluding carboxylic acids is 1. The molecular formula is C11H7NO4. The minimum Gasteiger partial charge on any atom is -0.507 e. The first kappa shape index (κ1) is 10.1. The van der Waals surface area contributed by atoms with Crippen LogP contribution >= 0.6 is 0 Å². The maximum atomic E-state index is 10.7. The van der Waals surface area contributed by atoms with Crippen LogP contribution in [0, 0.1) is 10.1 Å². The Hall–Kier alpha value is -2.43. The second kappa shape index (κ2) is 3.62. The monoisotopic (exact) mass is 217 g/mol. The topological polar surface area (TPSA) is 80.4 Å². The Morgan fingerprint density at radius 3 is 2.69 bits per heavy atom. The summed E-state index contributed by atoms with van der Waals surface area (Å²) in [5.74, 6) is -0.257. The van der Waals surface area contributed by atoms with Gasteiger partial charge in [0.25, 0.3) is 5.69 Å². The molecule has 0 unspecified atom stereocenters. The quantitative estimate of drug-likeness (QED) is 0.475. The van der Waals surface area contributed by atoms with Crippen LogP contribution in [0.3, 0.4) is 0 Å². The molecule has 2 aromatic rings. The summed E-state index contributed by atoms with van der Waals surface area (Å²) in [7, 11) is 0. The highest BCUT2D eigenvalue weighted by Gasteiger charge is 2.12. The number of hydrogen-bond donors (Lipinski definition) is 1. The maximum Gasteiger partial charge on any atom is 0.273 e. The molecule has 0 spiro atoms. The summed E-state index contributed by atoms with van der Waals surface area (Å²) < 4.78 is 0. The van der Waals surface area contributed by atoms with E-state index >= 15 is 0 Å². The maximum absolute atomic E-state index is 10.7. The zero-order chi connectivity index (χ0) is 11.7. The summed E-state index contributed by atoms with van der Waals surface area (Å²) in [5, 5.41) is 21.0. The second-order valence-electron chi connectivity index (χ2n) is 3.29. The van der Waals surface area contributed by atoms with Crippen molar-refractivity contribution in [2.75, 3.05) is 0 Å². The number of non-ortho nitro benzene ring substituents is 1. The number of nitro groups is 1. The lowest BCUT2D eigenvalue weighted by Crippen LogP contribution is -1.90. The first-order chi connectivity index (χ1) is 7.63. The molecule has 0 heterocycles. The van der Waals surface area contributed by atoms with E-state index in [1.807, 2.05) is 0 Å². The van der Waals surface area contributed by atoms with Crippen LogP contribution in [-0.4, -0.2) is 16.3 Å². The van der Waals surface area contributed by atoms with E-state index in [0.717, 1.165) is 6.07 Å². The van der Waals surface area contributed by atoms with Gasteiger partial charge < -0.3 is 5.11 Å². The van der Waals surface area contributed by atoms with Gasteiger partial charge in [0.2, 0.25) is 0 Å². The smallest absolute Gasteiger partial charge is 0.273 e. The van der Waals surface area contributed by atoms with Crippen LogP contribution in [0.25, 0.3) is 10.8 Å². The van der Waals surface area contributed by atoms with Crippen molar-refractivity contribution in [1.82, 2.24) is 0 Å². The van der Waals surface area contributed by atoms with Gasteiger partial charge in [0.15, 0.2) is 6.29 Å². The van der Waals surface area contributed by atoms with Gasteiger partial charge in [-0.05, 0) is 5.39 Å². The predicted octanol–water partition coefficient (Wildman–Crippen LogP) is 2.27. The second-order valence-corrected chi connectivity index (χ2v) is 3.29. The molecule has 80 valence electrons. The number of phenols is 1. The summed E-state index contributed by atoms with van der Waals surface area (Å²) in [6.45, 7) is 0. The number of hydrogen-bond acceptors (Lipinski definition) is 4. The Morgan fingerprint density at radius 2 is 2.06 bits per heavy atom. The first-order valence-electron chi connectivity index (χ1n) is 4.49. The Labute approximate surface area is 90.1 Å². The van der Waals surface area contributed by atoms with E-state index < -0.39 is 4.92 Å². The number of carbonyl (C=O) groups is 1. The van der Waals surface area contributed by atoms with Gasteiger partial charge in [0, 0.05) is 17.0 Å². The minimum atomic E-state index is -0.591. The van der Waals surface area contributed by atoms with E-state index in [1.165, 1.54) is 6.07 Å². The highest BCUT2D eigenvalue weighted by Crippen LogP contribution is 2.31. The molecule has 2 rings (SSSR count). The van der Waals surface area contributed by atoms with Gasteiger partial charge in [-0.15, -0.1) is 0 Å². The summed E-state index contributed by atoms with van der Waals surface area (Å²) >= 11 is 0. The minimum absolute atomic E-state index is 0.201. The predicted molar refractivity (Wildman–Crippen MR) is 57.7 cm³/mol.